The maximum atomic E-state index is 10.8. The lowest BCUT2D eigenvalue weighted by atomic mass is 10.1. The molecule has 1 N–H and O–H groups in total. The first kappa shape index (κ1) is 14.4. The first-order valence-corrected chi connectivity index (χ1v) is 6.91. The molecule has 106 valence electrons. The summed E-state index contributed by atoms with van der Waals surface area (Å²) in [4.78, 5) is 14.8. The van der Waals surface area contributed by atoms with Crippen molar-refractivity contribution in [3.63, 3.8) is 0 Å². The summed E-state index contributed by atoms with van der Waals surface area (Å²) in [6.07, 6.45) is 0. The van der Waals surface area contributed by atoms with Crippen molar-refractivity contribution in [1.29, 1.82) is 0 Å². The van der Waals surface area contributed by atoms with E-state index in [1.807, 2.05) is 27.7 Å². The standard InChI is InChI=1S/C13H16N4O2S/c1-8-5-6-9(17(18)19)7-10(8)11-14-12(20-16-11)15-13(2,3)4/h5-7H,1-4H3,(H,14,15,16). The number of rotatable bonds is 3. The van der Waals surface area contributed by atoms with E-state index in [0.717, 1.165) is 5.56 Å². The number of anilines is 1. The summed E-state index contributed by atoms with van der Waals surface area (Å²) in [7, 11) is 0. The molecule has 2 aromatic rings. The fraction of sp³-hybridized carbons (Fsp3) is 0.385. The van der Waals surface area contributed by atoms with Crippen LogP contribution in [0.15, 0.2) is 18.2 Å². The van der Waals surface area contributed by atoms with E-state index >= 15 is 0 Å². The molecule has 0 unspecified atom stereocenters. The number of aromatic nitrogens is 2. The number of non-ortho nitro benzene ring substituents is 1. The van der Waals surface area contributed by atoms with Crippen LogP contribution in [0.1, 0.15) is 26.3 Å². The zero-order chi connectivity index (χ0) is 14.9. The van der Waals surface area contributed by atoms with Gasteiger partial charge in [0.05, 0.1) is 4.92 Å². The SMILES string of the molecule is Cc1ccc([N+](=O)[O-])cc1-c1nsc(NC(C)(C)C)n1. The van der Waals surface area contributed by atoms with Crippen molar-refractivity contribution in [2.24, 2.45) is 0 Å². The Morgan fingerprint density at radius 3 is 2.65 bits per heavy atom. The van der Waals surface area contributed by atoms with Crippen molar-refractivity contribution in [2.75, 3.05) is 5.32 Å². The van der Waals surface area contributed by atoms with E-state index in [1.54, 1.807) is 6.07 Å². The molecule has 1 heterocycles. The summed E-state index contributed by atoms with van der Waals surface area (Å²) in [5.41, 5.74) is 1.55. The molecule has 1 aromatic carbocycles. The smallest absolute Gasteiger partial charge is 0.270 e. The molecule has 2 rings (SSSR count). The quantitative estimate of drug-likeness (QED) is 0.690. The third kappa shape index (κ3) is 3.30. The Bertz CT molecular complexity index is 646. The Morgan fingerprint density at radius 2 is 2.05 bits per heavy atom. The van der Waals surface area contributed by atoms with Crippen LogP contribution in [0.4, 0.5) is 10.8 Å². The van der Waals surface area contributed by atoms with Crippen LogP contribution in [0, 0.1) is 17.0 Å². The second-order valence-corrected chi connectivity index (χ2v) is 6.31. The molecular weight excluding hydrogens is 276 g/mol. The van der Waals surface area contributed by atoms with Gasteiger partial charge in [-0.05, 0) is 33.3 Å². The minimum absolute atomic E-state index is 0.0470. The fourth-order valence-corrected chi connectivity index (χ4v) is 2.46. The maximum absolute atomic E-state index is 10.8. The van der Waals surface area contributed by atoms with Gasteiger partial charge in [0, 0.05) is 34.8 Å². The molecule has 1 aromatic heterocycles. The molecule has 0 atom stereocenters. The lowest BCUT2D eigenvalue weighted by molar-refractivity contribution is -0.384. The third-order valence-corrected chi connectivity index (χ3v) is 3.21. The van der Waals surface area contributed by atoms with E-state index in [9.17, 15) is 10.1 Å². The molecule has 0 amide bonds. The summed E-state index contributed by atoms with van der Waals surface area (Å²) in [5, 5.41) is 14.8. The van der Waals surface area contributed by atoms with Crippen LogP contribution in [0.25, 0.3) is 11.4 Å². The number of aryl methyl sites for hydroxylation is 1. The summed E-state index contributed by atoms with van der Waals surface area (Å²) in [6.45, 7) is 7.99. The zero-order valence-electron chi connectivity index (χ0n) is 11.8. The first-order valence-electron chi connectivity index (χ1n) is 6.13. The van der Waals surface area contributed by atoms with E-state index in [4.69, 9.17) is 0 Å². The predicted octanol–water partition coefficient (Wildman–Crippen LogP) is 3.63. The molecule has 0 aliphatic carbocycles. The highest BCUT2D eigenvalue weighted by atomic mass is 32.1. The van der Waals surface area contributed by atoms with Gasteiger partial charge in [0.2, 0.25) is 5.13 Å². The molecule has 0 fully saturated rings. The van der Waals surface area contributed by atoms with Gasteiger partial charge in [0.25, 0.3) is 5.69 Å². The average molecular weight is 292 g/mol. The van der Waals surface area contributed by atoms with Crippen LogP contribution in [0.5, 0.6) is 0 Å². The highest BCUT2D eigenvalue weighted by Gasteiger charge is 2.16. The van der Waals surface area contributed by atoms with Crippen molar-refractivity contribution < 1.29 is 4.92 Å². The van der Waals surface area contributed by atoms with Gasteiger partial charge in [0.1, 0.15) is 0 Å². The number of hydrogen-bond acceptors (Lipinski definition) is 6. The lowest BCUT2D eigenvalue weighted by Crippen LogP contribution is -2.25. The lowest BCUT2D eigenvalue weighted by Gasteiger charge is -2.18. The van der Waals surface area contributed by atoms with Crippen molar-refractivity contribution in [3.05, 3.63) is 33.9 Å². The Kier molecular flexibility index (Phi) is 3.71. The van der Waals surface area contributed by atoms with Gasteiger partial charge < -0.3 is 5.32 Å². The second-order valence-electron chi connectivity index (χ2n) is 5.55. The van der Waals surface area contributed by atoms with Crippen molar-refractivity contribution in [2.45, 2.75) is 33.2 Å². The van der Waals surface area contributed by atoms with E-state index in [0.29, 0.717) is 16.5 Å². The number of benzene rings is 1. The maximum Gasteiger partial charge on any atom is 0.270 e. The van der Waals surface area contributed by atoms with Crippen LogP contribution in [0.3, 0.4) is 0 Å². The Hall–Kier alpha value is -2.02. The van der Waals surface area contributed by atoms with Gasteiger partial charge in [-0.1, -0.05) is 6.07 Å². The average Bonchev–Trinajstić information content (AvgIpc) is 2.75. The fourth-order valence-electron chi connectivity index (χ4n) is 1.67. The van der Waals surface area contributed by atoms with Gasteiger partial charge in [-0.15, -0.1) is 0 Å². The minimum atomic E-state index is -0.413. The number of nitrogens with one attached hydrogen (secondary N) is 1. The normalized spacial score (nSPS) is 11.4. The molecule has 0 aliphatic rings. The molecule has 0 saturated heterocycles. The molecule has 6 nitrogen and oxygen atoms in total. The number of nitro groups is 1. The van der Waals surface area contributed by atoms with Crippen LogP contribution in [-0.4, -0.2) is 19.8 Å². The van der Waals surface area contributed by atoms with Crippen LogP contribution >= 0.6 is 11.5 Å². The molecule has 0 spiro atoms. The summed E-state index contributed by atoms with van der Waals surface area (Å²) >= 11 is 1.25. The summed E-state index contributed by atoms with van der Waals surface area (Å²) in [6, 6.07) is 4.71. The van der Waals surface area contributed by atoms with E-state index in [-0.39, 0.29) is 11.2 Å². The number of hydrogen-bond donors (Lipinski definition) is 1. The van der Waals surface area contributed by atoms with Gasteiger partial charge >= 0.3 is 0 Å². The molecule has 0 radical (unpaired) electrons. The Balaban J connectivity index is 2.37. The Morgan fingerprint density at radius 1 is 1.35 bits per heavy atom. The molecule has 20 heavy (non-hydrogen) atoms. The van der Waals surface area contributed by atoms with Crippen LogP contribution < -0.4 is 5.32 Å². The summed E-state index contributed by atoms with van der Waals surface area (Å²) < 4.78 is 4.28. The minimum Gasteiger partial charge on any atom is -0.356 e. The topological polar surface area (TPSA) is 81.0 Å². The third-order valence-electron chi connectivity index (χ3n) is 2.58. The van der Waals surface area contributed by atoms with Gasteiger partial charge in [0.15, 0.2) is 5.82 Å². The van der Waals surface area contributed by atoms with Gasteiger partial charge in [-0.3, -0.25) is 10.1 Å². The predicted molar refractivity (Wildman–Crippen MR) is 80.1 cm³/mol. The van der Waals surface area contributed by atoms with Crippen LogP contribution in [-0.2, 0) is 0 Å². The second kappa shape index (κ2) is 5.16. The van der Waals surface area contributed by atoms with Gasteiger partial charge in [-0.25, -0.2) is 0 Å². The number of nitro benzene ring substituents is 1. The van der Waals surface area contributed by atoms with Crippen LogP contribution in [0.2, 0.25) is 0 Å². The highest BCUT2D eigenvalue weighted by molar-refractivity contribution is 7.09. The molecular formula is C13H16N4O2S. The number of nitrogens with zero attached hydrogens (tertiary/aromatic N) is 3. The van der Waals surface area contributed by atoms with Crippen molar-refractivity contribution in [1.82, 2.24) is 9.36 Å². The summed E-state index contributed by atoms with van der Waals surface area (Å²) in [5.74, 6) is 0.517. The molecule has 0 saturated carbocycles. The van der Waals surface area contributed by atoms with E-state index < -0.39 is 4.92 Å². The highest BCUT2D eigenvalue weighted by Crippen LogP contribution is 2.28. The van der Waals surface area contributed by atoms with E-state index in [2.05, 4.69) is 14.7 Å². The monoisotopic (exact) mass is 292 g/mol. The van der Waals surface area contributed by atoms with E-state index in [1.165, 1.54) is 23.7 Å². The van der Waals surface area contributed by atoms with Gasteiger partial charge in [-0.2, -0.15) is 9.36 Å². The van der Waals surface area contributed by atoms with Crippen molar-refractivity contribution in [3.8, 4) is 11.4 Å². The molecule has 0 aliphatic heterocycles. The molecule has 0 bridgehead atoms. The zero-order valence-corrected chi connectivity index (χ0v) is 12.6. The van der Waals surface area contributed by atoms with Crippen molar-refractivity contribution >= 4 is 22.4 Å². The molecule has 7 heteroatoms. The Labute approximate surface area is 121 Å². The largest absolute Gasteiger partial charge is 0.356 e. The first-order chi connectivity index (χ1) is 9.26.